The van der Waals surface area contributed by atoms with Gasteiger partial charge < -0.3 is 10.2 Å². The molecule has 3 aromatic rings. The summed E-state index contributed by atoms with van der Waals surface area (Å²) < 4.78 is 29.3. The van der Waals surface area contributed by atoms with Crippen molar-refractivity contribution in [2.75, 3.05) is 10.8 Å². The van der Waals surface area contributed by atoms with E-state index in [1.807, 2.05) is 46.8 Å². The van der Waals surface area contributed by atoms with Gasteiger partial charge in [-0.25, -0.2) is 8.42 Å². The van der Waals surface area contributed by atoms with Crippen LogP contribution in [0.15, 0.2) is 65.6 Å². The second-order valence-electron chi connectivity index (χ2n) is 10.5. The van der Waals surface area contributed by atoms with Crippen LogP contribution in [0.4, 0.5) is 5.69 Å². The average Bonchev–Trinajstić information content (AvgIpc) is 2.90. The van der Waals surface area contributed by atoms with Crippen molar-refractivity contribution in [3.05, 3.63) is 93.0 Å². The summed E-state index contributed by atoms with van der Waals surface area (Å²) in [6.07, 6.45) is 0.319. The highest BCUT2D eigenvalue weighted by Gasteiger charge is 2.34. The molecule has 0 saturated heterocycles. The maximum atomic E-state index is 14.2. The van der Waals surface area contributed by atoms with Gasteiger partial charge in [0, 0.05) is 12.6 Å². The van der Waals surface area contributed by atoms with Crippen molar-refractivity contribution >= 4 is 50.7 Å². The molecule has 0 aromatic heterocycles. The van der Waals surface area contributed by atoms with Gasteiger partial charge in [-0.2, -0.15) is 0 Å². The molecule has 0 aliphatic rings. The Morgan fingerprint density at radius 1 is 0.878 bits per heavy atom. The third kappa shape index (κ3) is 8.03. The van der Waals surface area contributed by atoms with Crippen LogP contribution in [0.5, 0.6) is 0 Å². The first-order valence-corrected chi connectivity index (χ1v) is 15.6. The first-order valence-electron chi connectivity index (χ1n) is 13.4. The van der Waals surface area contributed by atoms with Crippen LogP contribution >= 0.6 is 23.2 Å². The Morgan fingerprint density at radius 2 is 1.51 bits per heavy atom. The molecule has 0 radical (unpaired) electrons. The van der Waals surface area contributed by atoms with E-state index in [1.54, 1.807) is 43.3 Å². The smallest absolute Gasteiger partial charge is 0.264 e. The van der Waals surface area contributed by atoms with Gasteiger partial charge in [-0.05, 0) is 88.1 Å². The third-order valence-electron chi connectivity index (χ3n) is 6.67. The number of hydrogen-bond acceptors (Lipinski definition) is 4. The van der Waals surface area contributed by atoms with Crippen molar-refractivity contribution in [2.24, 2.45) is 0 Å². The molecule has 0 saturated carbocycles. The van der Waals surface area contributed by atoms with E-state index in [0.717, 1.165) is 15.4 Å². The maximum Gasteiger partial charge on any atom is 0.264 e. The Bertz CT molecular complexity index is 1510. The summed E-state index contributed by atoms with van der Waals surface area (Å²) >= 11 is 12.4. The van der Waals surface area contributed by atoms with Crippen molar-refractivity contribution in [3.63, 3.8) is 0 Å². The van der Waals surface area contributed by atoms with E-state index in [1.165, 1.54) is 17.0 Å². The summed E-state index contributed by atoms with van der Waals surface area (Å²) in [6.45, 7) is 10.6. The minimum Gasteiger partial charge on any atom is -0.352 e. The fourth-order valence-corrected chi connectivity index (χ4v) is 6.27. The molecule has 0 spiro atoms. The second kappa shape index (κ2) is 13.7. The molecule has 0 aliphatic carbocycles. The molecule has 0 heterocycles. The number of aryl methyl sites for hydroxylation is 3. The molecule has 0 unspecified atom stereocenters. The Labute approximate surface area is 253 Å². The lowest BCUT2D eigenvalue weighted by molar-refractivity contribution is -0.140. The first-order chi connectivity index (χ1) is 19.2. The lowest BCUT2D eigenvalue weighted by Gasteiger charge is -2.34. The highest BCUT2D eigenvalue weighted by atomic mass is 35.5. The van der Waals surface area contributed by atoms with Gasteiger partial charge in [0.15, 0.2) is 0 Å². The van der Waals surface area contributed by atoms with E-state index >= 15 is 0 Å². The van der Waals surface area contributed by atoms with Crippen molar-refractivity contribution in [2.45, 2.75) is 71.5 Å². The van der Waals surface area contributed by atoms with Gasteiger partial charge in [-0.1, -0.05) is 66.0 Å². The van der Waals surface area contributed by atoms with Crippen LogP contribution in [0, 0.1) is 20.8 Å². The Hall–Kier alpha value is -3.07. The Morgan fingerprint density at radius 3 is 2.10 bits per heavy atom. The number of hydrogen-bond donors (Lipinski definition) is 1. The van der Waals surface area contributed by atoms with Gasteiger partial charge in [0.25, 0.3) is 10.0 Å². The molecule has 7 nitrogen and oxygen atoms in total. The molecule has 0 bridgehead atoms. The second-order valence-corrected chi connectivity index (χ2v) is 13.1. The van der Waals surface area contributed by atoms with Crippen LogP contribution in [0.25, 0.3) is 0 Å². The van der Waals surface area contributed by atoms with Gasteiger partial charge in [-0.15, -0.1) is 0 Å². The van der Waals surface area contributed by atoms with E-state index in [4.69, 9.17) is 23.2 Å². The van der Waals surface area contributed by atoms with Crippen molar-refractivity contribution in [1.29, 1.82) is 0 Å². The maximum absolute atomic E-state index is 14.2. The van der Waals surface area contributed by atoms with E-state index in [9.17, 15) is 18.0 Å². The predicted molar refractivity (Wildman–Crippen MR) is 166 cm³/mol. The number of amides is 2. The molecule has 1 N–H and O–H groups in total. The number of nitrogens with one attached hydrogen (secondary N) is 1. The number of sulfonamides is 1. The highest BCUT2D eigenvalue weighted by Crippen LogP contribution is 2.29. The van der Waals surface area contributed by atoms with Crippen LogP contribution < -0.4 is 9.62 Å². The number of carbonyl (C=O) groups is 2. The lowest BCUT2D eigenvalue weighted by Crippen LogP contribution is -2.53. The summed E-state index contributed by atoms with van der Waals surface area (Å²) in [4.78, 5) is 28.9. The van der Waals surface area contributed by atoms with E-state index in [-0.39, 0.29) is 23.4 Å². The molecule has 3 aromatic carbocycles. The van der Waals surface area contributed by atoms with Crippen LogP contribution in [-0.2, 0) is 26.2 Å². The Kier molecular flexibility index (Phi) is 10.9. The normalized spacial score (nSPS) is 12.2. The molecule has 2 amide bonds. The minimum absolute atomic E-state index is 0.0327. The van der Waals surface area contributed by atoms with E-state index in [0.29, 0.717) is 33.3 Å². The number of anilines is 1. The summed E-state index contributed by atoms with van der Waals surface area (Å²) in [5, 5.41) is 3.57. The minimum atomic E-state index is -4.15. The monoisotopic (exact) mass is 617 g/mol. The standard InChI is InChI=1S/C31H37Cl2N3O4S/c1-7-28(31(38)34-20(2)3)35(18-24-12-15-26(32)27(33)17-24)30(37)19-36(29-16-22(5)8-11-23(29)6)41(39,40)25-13-9-21(4)10-14-25/h8-17,20,28H,7,18-19H2,1-6H3,(H,34,38)/t28-/m0/s1. The fourth-order valence-electron chi connectivity index (χ4n) is 4.47. The van der Waals surface area contributed by atoms with Crippen LogP contribution in [0.3, 0.4) is 0 Å². The van der Waals surface area contributed by atoms with Gasteiger partial charge in [-0.3, -0.25) is 13.9 Å². The molecule has 0 aliphatic heterocycles. The summed E-state index contributed by atoms with van der Waals surface area (Å²) in [6, 6.07) is 16.0. The highest BCUT2D eigenvalue weighted by molar-refractivity contribution is 7.92. The zero-order chi connectivity index (χ0) is 30.5. The van der Waals surface area contributed by atoms with Gasteiger partial charge in [0.1, 0.15) is 12.6 Å². The molecular formula is C31H37Cl2N3O4S. The van der Waals surface area contributed by atoms with Gasteiger partial charge >= 0.3 is 0 Å². The molecule has 3 rings (SSSR count). The summed E-state index contributed by atoms with van der Waals surface area (Å²) in [5.41, 5.74) is 3.50. The quantitative estimate of drug-likeness (QED) is 0.268. The number of halogens is 2. The Balaban J connectivity index is 2.12. The summed E-state index contributed by atoms with van der Waals surface area (Å²) in [5.74, 6) is -0.853. The van der Waals surface area contributed by atoms with Crippen LogP contribution in [0.1, 0.15) is 49.4 Å². The molecule has 10 heteroatoms. The average molecular weight is 619 g/mol. The van der Waals surface area contributed by atoms with Crippen molar-refractivity contribution < 1.29 is 18.0 Å². The molecular weight excluding hydrogens is 581 g/mol. The number of nitrogens with zero attached hydrogens (tertiary/aromatic N) is 2. The van der Waals surface area contributed by atoms with Crippen LogP contribution in [-0.4, -0.2) is 43.8 Å². The van der Waals surface area contributed by atoms with Crippen molar-refractivity contribution in [1.82, 2.24) is 10.2 Å². The van der Waals surface area contributed by atoms with E-state index < -0.39 is 28.5 Å². The SMILES string of the molecule is CC[C@@H](C(=O)NC(C)C)N(Cc1ccc(Cl)c(Cl)c1)C(=O)CN(c1cc(C)ccc1C)S(=O)(=O)c1ccc(C)cc1. The molecule has 41 heavy (non-hydrogen) atoms. The number of carbonyl (C=O) groups excluding carboxylic acids is 2. The van der Waals surface area contributed by atoms with Crippen molar-refractivity contribution in [3.8, 4) is 0 Å². The first kappa shape index (κ1) is 32.4. The number of benzene rings is 3. The lowest BCUT2D eigenvalue weighted by atomic mass is 10.1. The van der Waals surface area contributed by atoms with Crippen LogP contribution in [0.2, 0.25) is 10.0 Å². The predicted octanol–water partition coefficient (Wildman–Crippen LogP) is 6.45. The third-order valence-corrected chi connectivity index (χ3v) is 9.19. The van der Waals surface area contributed by atoms with Gasteiger partial charge in [0.2, 0.25) is 11.8 Å². The van der Waals surface area contributed by atoms with Gasteiger partial charge in [0.05, 0.1) is 20.6 Å². The molecule has 0 fully saturated rings. The van der Waals surface area contributed by atoms with E-state index in [2.05, 4.69) is 5.32 Å². The molecule has 220 valence electrons. The summed E-state index contributed by atoms with van der Waals surface area (Å²) in [7, 11) is -4.15. The number of rotatable bonds is 11. The topological polar surface area (TPSA) is 86.8 Å². The zero-order valence-corrected chi connectivity index (χ0v) is 26.6. The fraction of sp³-hybridized carbons (Fsp3) is 0.355. The molecule has 1 atom stereocenters. The largest absolute Gasteiger partial charge is 0.352 e. The zero-order valence-electron chi connectivity index (χ0n) is 24.2.